The standard InChI is InChI=1S/C14H19N3O4/c1-2-16(9-10-5-4-8-21-10)14(18)11-6-3-7-12(15)13(11)17(19)20/h3,6-7,10H,2,4-5,8-9,15H2,1H3. The predicted octanol–water partition coefficient (Wildman–Crippen LogP) is 1.82. The number of nitro groups is 1. The number of hydrogen-bond acceptors (Lipinski definition) is 5. The zero-order chi connectivity index (χ0) is 15.4. The molecule has 7 heteroatoms. The number of nitro benzene ring substituents is 1. The first-order valence-electron chi connectivity index (χ1n) is 6.98. The van der Waals surface area contributed by atoms with Crippen LogP contribution in [0.2, 0.25) is 0 Å². The fourth-order valence-corrected chi connectivity index (χ4v) is 2.50. The van der Waals surface area contributed by atoms with Gasteiger partial charge in [-0.1, -0.05) is 6.07 Å². The van der Waals surface area contributed by atoms with Crippen LogP contribution in [-0.2, 0) is 4.74 Å². The van der Waals surface area contributed by atoms with Crippen molar-refractivity contribution in [2.24, 2.45) is 0 Å². The average molecular weight is 293 g/mol. The van der Waals surface area contributed by atoms with Crippen molar-refractivity contribution in [3.63, 3.8) is 0 Å². The Labute approximate surface area is 122 Å². The second-order valence-corrected chi connectivity index (χ2v) is 4.98. The predicted molar refractivity (Wildman–Crippen MR) is 78.1 cm³/mol. The normalized spacial score (nSPS) is 17.7. The Morgan fingerprint density at radius 3 is 2.90 bits per heavy atom. The van der Waals surface area contributed by atoms with Gasteiger partial charge in [-0.3, -0.25) is 14.9 Å². The highest BCUT2D eigenvalue weighted by Crippen LogP contribution is 2.27. The fraction of sp³-hybridized carbons (Fsp3) is 0.500. The van der Waals surface area contributed by atoms with Gasteiger partial charge in [-0.25, -0.2) is 0 Å². The molecule has 1 saturated heterocycles. The van der Waals surface area contributed by atoms with Crippen LogP contribution in [0, 0.1) is 10.1 Å². The van der Waals surface area contributed by atoms with Crippen LogP contribution in [-0.4, -0.2) is 41.5 Å². The third-order valence-corrected chi connectivity index (χ3v) is 3.60. The summed E-state index contributed by atoms with van der Waals surface area (Å²) >= 11 is 0. The van der Waals surface area contributed by atoms with Gasteiger partial charge in [-0.15, -0.1) is 0 Å². The van der Waals surface area contributed by atoms with Gasteiger partial charge < -0.3 is 15.4 Å². The van der Waals surface area contributed by atoms with E-state index in [2.05, 4.69) is 0 Å². The van der Waals surface area contributed by atoms with Gasteiger partial charge >= 0.3 is 5.69 Å². The second-order valence-electron chi connectivity index (χ2n) is 4.98. The number of amides is 1. The highest BCUT2D eigenvalue weighted by Gasteiger charge is 2.28. The van der Waals surface area contributed by atoms with E-state index in [1.165, 1.54) is 12.1 Å². The number of carbonyl (C=O) groups is 1. The molecule has 1 amide bonds. The molecule has 1 atom stereocenters. The molecule has 1 unspecified atom stereocenters. The van der Waals surface area contributed by atoms with Gasteiger partial charge in [0.1, 0.15) is 11.3 Å². The maximum atomic E-state index is 12.6. The monoisotopic (exact) mass is 293 g/mol. The summed E-state index contributed by atoms with van der Waals surface area (Å²) in [5.74, 6) is -0.382. The van der Waals surface area contributed by atoms with E-state index in [9.17, 15) is 14.9 Å². The molecule has 2 N–H and O–H groups in total. The van der Waals surface area contributed by atoms with Crippen LogP contribution in [0.4, 0.5) is 11.4 Å². The van der Waals surface area contributed by atoms with Crippen LogP contribution in [0.3, 0.4) is 0 Å². The number of para-hydroxylation sites is 1. The number of anilines is 1. The lowest BCUT2D eigenvalue weighted by Gasteiger charge is -2.24. The Morgan fingerprint density at radius 2 is 2.33 bits per heavy atom. The van der Waals surface area contributed by atoms with Gasteiger partial charge in [0.15, 0.2) is 0 Å². The van der Waals surface area contributed by atoms with E-state index < -0.39 is 4.92 Å². The Hall–Kier alpha value is -2.15. The molecular formula is C14H19N3O4. The lowest BCUT2D eigenvalue weighted by molar-refractivity contribution is -0.384. The molecular weight excluding hydrogens is 274 g/mol. The maximum Gasteiger partial charge on any atom is 0.304 e. The van der Waals surface area contributed by atoms with Gasteiger partial charge in [0.05, 0.1) is 11.0 Å². The summed E-state index contributed by atoms with van der Waals surface area (Å²) in [6, 6.07) is 4.41. The van der Waals surface area contributed by atoms with Crippen molar-refractivity contribution in [3.8, 4) is 0 Å². The van der Waals surface area contributed by atoms with Crippen molar-refractivity contribution in [2.75, 3.05) is 25.4 Å². The largest absolute Gasteiger partial charge is 0.393 e. The third-order valence-electron chi connectivity index (χ3n) is 3.60. The average Bonchev–Trinajstić information content (AvgIpc) is 2.96. The zero-order valence-electron chi connectivity index (χ0n) is 11.9. The van der Waals surface area contributed by atoms with E-state index in [0.717, 1.165) is 12.8 Å². The smallest absolute Gasteiger partial charge is 0.304 e. The van der Waals surface area contributed by atoms with Crippen LogP contribution in [0.25, 0.3) is 0 Å². The van der Waals surface area contributed by atoms with E-state index in [4.69, 9.17) is 10.5 Å². The van der Waals surface area contributed by atoms with E-state index >= 15 is 0 Å². The Morgan fingerprint density at radius 1 is 1.57 bits per heavy atom. The molecule has 0 bridgehead atoms. The minimum Gasteiger partial charge on any atom is -0.393 e. The number of likely N-dealkylation sites (N-methyl/N-ethyl adjacent to an activating group) is 1. The number of hydrogen-bond donors (Lipinski definition) is 1. The molecule has 2 rings (SSSR count). The van der Waals surface area contributed by atoms with Crippen molar-refractivity contribution in [2.45, 2.75) is 25.9 Å². The van der Waals surface area contributed by atoms with Gasteiger partial charge in [-0.05, 0) is 31.9 Å². The lowest BCUT2D eigenvalue weighted by Crippen LogP contribution is -2.37. The molecule has 1 heterocycles. The summed E-state index contributed by atoms with van der Waals surface area (Å²) in [7, 11) is 0. The minimum absolute atomic E-state index is 0.000908. The van der Waals surface area contributed by atoms with E-state index in [1.807, 2.05) is 6.92 Å². The van der Waals surface area contributed by atoms with Crippen molar-refractivity contribution in [1.82, 2.24) is 4.90 Å². The molecule has 1 aromatic carbocycles. The van der Waals surface area contributed by atoms with Gasteiger partial charge in [0.25, 0.3) is 5.91 Å². The number of nitrogens with zero attached hydrogens (tertiary/aromatic N) is 2. The third kappa shape index (κ3) is 3.30. The molecule has 0 spiro atoms. The van der Waals surface area contributed by atoms with E-state index in [0.29, 0.717) is 19.7 Å². The Balaban J connectivity index is 2.24. The number of nitrogen functional groups attached to an aromatic ring is 1. The van der Waals surface area contributed by atoms with Crippen LogP contribution in [0.15, 0.2) is 18.2 Å². The molecule has 114 valence electrons. The van der Waals surface area contributed by atoms with Crippen molar-refractivity contribution >= 4 is 17.3 Å². The molecule has 1 aliphatic heterocycles. The lowest BCUT2D eigenvalue weighted by atomic mass is 10.1. The van der Waals surface area contributed by atoms with Crippen LogP contribution >= 0.6 is 0 Å². The van der Waals surface area contributed by atoms with Gasteiger partial charge in [0, 0.05) is 19.7 Å². The van der Waals surface area contributed by atoms with Gasteiger partial charge in [-0.2, -0.15) is 0 Å². The molecule has 0 aliphatic carbocycles. The van der Waals surface area contributed by atoms with Crippen molar-refractivity contribution in [1.29, 1.82) is 0 Å². The first kappa shape index (κ1) is 15.2. The van der Waals surface area contributed by atoms with Crippen LogP contribution in [0.1, 0.15) is 30.1 Å². The molecule has 1 fully saturated rings. The fourth-order valence-electron chi connectivity index (χ4n) is 2.50. The quantitative estimate of drug-likeness (QED) is 0.507. The summed E-state index contributed by atoms with van der Waals surface area (Å²) in [5.41, 5.74) is 5.33. The zero-order valence-corrected chi connectivity index (χ0v) is 11.9. The number of benzene rings is 1. The summed E-state index contributed by atoms with van der Waals surface area (Å²) in [6.07, 6.45) is 1.89. The summed E-state index contributed by atoms with van der Waals surface area (Å²) in [5, 5.41) is 11.1. The second kappa shape index (κ2) is 6.53. The van der Waals surface area contributed by atoms with E-state index in [-0.39, 0.29) is 28.9 Å². The topological polar surface area (TPSA) is 98.7 Å². The van der Waals surface area contributed by atoms with Crippen LogP contribution < -0.4 is 5.73 Å². The number of ether oxygens (including phenoxy) is 1. The molecule has 7 nitrogen and oxygen atoms in total. The van der Waals surface area contributed by atoms with Crippen molar-refractivity contribution in [3.05, 3.63) is 33.9 Å². The first-order chi connectivity index (χ1) is 10.0. The molecule has 21 heavy (non-hydrogen) atoms. The van der Waals surface area contributed by atoms with Gasteiger partial charge in [0.2, 0.25) is 0 Å². The number of nitrogens with two attached hydrogens (primary N) is 1. The Bertz CT molecular complexity index is 541. The first-order valence-corrected chi connectivity index (χ1v) is 6.98. The Kier molecular flexibility index (Phi) is 4.74. The molecule has 0 saturated carbocycles. The number of carbonyl (C=O) groups excluding carboxylic acids is 1. The molecule has 0 radical (unpaired) electrons. The minimum atomic E-state index is -0.609. The summed E-state index contributed by atoms with van der Waals surface area (Å²) in [4.78, 5) is 24.6. The summed E-state index contributed by atoms with van der Waals surface area (Å²) in [6.45, 7) is 3.45. The highest BCUT2D eigenvalue weighted by molar-refractivity contribution is 6.00. The van der Waals surface area contributed by atoms with Crippen LogP contribution in [0.5, 0.6) is 0 Å². The number of rotatable bonds is 5. The maximum absolute atomic E-state index is 12.6. The summed E-state index contributed by atoms with van der Waals surface area (Å²) < 4.78 is 5.52. The molecule has 1 aromatic rings. The SMILES string of the molecule is CCN(CC1CCCO1)C(=O)c1cccc(N)c1[N+](=O)[O-]. The molecule has 1 aliphatic rings. The van der Waals surface area contributed by atoms with Crippen molar-refractivity contribution < 1.29 is 14.5 Å². The molecule has 0 aromatic heterocycles. The highest BCUT2D eigenvalue weighted by atomic mass is 16.6. The van der Waals surface area contributed by atoms with E-state index in [1.54, 1.807) is 11.0 Å².